The molecule has 1 aromatic carbocycles. The first kappa shape index (κ1) is 20.5. The molecule has 0 heterocycles. The molecule has 0 amide bonds. The van der Waals surface area contributed by atoms with Crippen LogP contribution in [0.4, 0.5) is 0 Å². The van der Waals surface area contributed by atoms with Gasteiger partial charge in [0.2, 0.25) is 0 Å². The Morgan fingerprint density at radius 1 is 1.22 bits per heavy atom. The minimum absolute atomic E-state index is 0.0497. The number of ether oxygens (including phenoxy) is 1. The standard InChI is InChI=1S/C22H26O5/c1-14(2)5-8-17-21(26)16(11-12-22(17,3)27-4)18(23)9-6-15-7-10-19(24)20(25)13-15/h5-7,9-11,13,24-26H,8,12H2,1-4H3/b9-6+. The molecule has 1 aliphatic carbocycles. The molecule has 3 N–H and O–H groups in total. The molecule has 5 nitrogen and oxygen atoms in total. The van der Waals surface area contributed by atoms with Crippen molar-refractivity contribution in [2.75, 3.05) is 7.11 Å². The predicted molar refractivity (Wildman–Crippen MR) is 106 cm³/mol. The molecular formula is C22H26O5. The summed E-state index contributed by atoms with van der Waals surface area (Å²) in [7, 11) is 1.59. The molecule has 1 aliphatic rings. The maximum atomic E-state index is 12.6. The van der Waals surface area contributed by atoms with Gasteiger partial charge in [0.05, 0.1) is 11.2 Å². The summed E-state index contributed by atoms with van der Waals surface area (Å²) in [6.45, 7) is 5.84. The van der Waals surface area contributed by atoms with Gasteiger partial charge < -0.3 is 20.1 Å². The largest absolute Gasteiger partial charge is 0.507 e. The third kappa shape index (κ3) is 4.68. The van der Waals surface area contributed by atoms with Gasteiger partial charge in [-0.2, -0.15) is 0 Å². The molecule has 1 aromatic rings. The van der Waals surface area contributed by atoms with Gasteiger partial charge in [0.25, 0.3) is 0 Å². The van der Waals surface area contributed by atoms with Crippen LogP contribution in [0, 0.1) is 0 Å². The highest BCUT2D eigenvalue weighted by Crippen LogP contribution is 2.37. The first-order valence-corrected chi connectivity index (χ1v) is 8.74. The van der Waals surface area contributed by atoms with E-state index < -0.39 is 5.60 Å². The van der Waals surface area contributed by atoms with Gasteiger partial charge in [-0.3, -0.25) is 4.79 Å². The van der Waals surface area contributed by atoms with Crippen molar-refractivity contribution >= 4 is 11.9 Å². The third-order valence-corrected chi connectivity index (χ3v) is 4.73. The fourth-order valence-corrected chi connectivity index (χ4v) is 2.88. The Balaban J connectivity index is 2.30. The number of phenols is 2. The molecule has 144 valence electrons. The number of allylic oxidation sites excluding steroid dienone is 4. The average molecular weight is 370 g/mol. The van der Waals surface area contributed by atoms with Crippen LogP contribution in [0.3, 0.4) is 0 Å². The maximum absolute atomic E-state index is 12.6. The molecule has 1 atom stereocenters. The Kier molecular flexibility index (Phi) is 6.28. The minimum Gasteiger partial charge on any atom is -0.507 e. The first-order chi connectivity index (χ1) is 12.7. The van der Waals surface area contributed by atoms with E-state index >= 15 is 0 Å². The van der Waals surface area contributed by atoms with Gasteiger partial charge in [0.1, 0.15) is 5.76 Å². The molecule has 0 bridgehead atoms. The van der Waals surface area contributed by atoms with Crippen molar-refractivity contribution in [3.05, 3.63) is 64.5 Å². The highest BCUT2D eigenvalue weighted by atomic mass is 16.5. The van der Waals surface area contributed by atoms with Crippen molar-refractivity contribution < 1.29 is 24.9 Å². The van der Waals surface area contributed by atoms with Gasteiger partial charge in [0.15, 0.2) is 17.3 Å². The number of phenolic OH excluding ortho intramolecular Hbond substituents is 2. The van der Waals surface area contributed by atoms with E-state index in [4.69, 9.17) is 4.74 Å². The lowest BCUT2D eigenvalue weighted by molar-refractivity contribution is -0.111. The van der Waals surface area contributed by atoms with Gasteiger partial charge in [-0.1, -0.05) is 29.9 Å². The lowest BCUT2D eigenvalue weighted by atomic mass is 9.81. The average Bonchev–Trinajstić information content (AvgIpc) is 2.62. The lowest BCUT2D eigenvalue weighted by Gasteiger charge is -2.34. The van der Waals surface area contributed by atoms with E-state index in [1.165, 1.54) is 24.3 Å². The van der Waals surface area contributed by atoms with Crippen LogP contribution >= 0.6 is 0 Å². The van der Waals surface area contributed by atoms with Gasteiger partial charge in [0, 0.05) is 12.7 Å². The van der Waals surface area contributed by atoms with Gasteiger partial charge in [-0.05, 0) is 57.4 Å². The van der Waals surface area contributed by atoms with Crippen LogP contribution in [0.2, 0.25) is 0 Å². The molecule has 0 fully saturated rings. The Labute approximate surface area is 159 Å². The Morgan fingerprint density at radius 2 is 1.93 bits per heavy atom. The summed E-state index contributed by atoms with van der Waals surface area (Å²) in [6, 6.07) is 4.27. The van der Waals surface area contributed by atoms with E-state index in [0.29, 0.717) is 24.0 Å². The molecule has 0 radical (unpaired) electrons. The number of aliphatic hydroxyl groups excluding tert-OH is 1. The van der Waals surface area contributed by atoms with E-state index in [0.717, 1.165) is 5.57 Å². The number of carbonyl (C=O) groups is 1. The number of hydrogen-bond donors (Lipinski definition) is 3. The van der Waals surface area contributed by atoms with Crippen LogP contribution in [-0.4, -0.2) is 33.8 Å². The maximum Gasteiger partial charge on any atom is 0.189 e. The number of hydrogen-bond acceptors (Lipinski definition) is 5. The van der Waals surface area contributed by atoms with E-state index in [1.54, 1.807) is 19.3 Å². The van der Waals surface area contributed by atoms with E-state index in [1.807, 2.05) is 26.8 Å². The lowest BCUT2D eigenvalue weighted by Crippen LogP contribution is -2.33. The molecule has 2 rings (SSSR count). The van der Waals surface area contributed by atoms with Crippen LogP contribution in [-0.2, 0) is 9.53 Å². The van der Waals surface area contributed by atoms with E-state index in [-0.39, 0.29) is 28.6 Å². The zero-order valence-electron chi connectivity index (χ0n) is 16.1. The summed E-state index contributed by atoms with van der Waals surface area (Å²) in [5.74, 6) is -0.875. The summed E-state index contributed by atoms with van der Waals surface area (Å²) in [6.07, 6.45) is 7.52. The number of ketones is 1. The Hall–Kier alpha value is -2.79. The summed E-state index contributed by atoms with van der Waals surface area (Å²) in [5, 5.41) is 29.6. The number of methoxy groups -OCH3 is 1. The number of benzene rings is 1. The van der Waals surface area contributed by atoms with Crippen LogP contribution in [0.5, 0.6) is 11.5 Å². The fraction of sp³-hybridized carbons (Fsp3) is 0.318. The second-order valence-electron chi connectivity index (χ2n) is 7.02. The Morgan fingerprint density at radius 3 is 2.52 bits per heavy atom. The fourth-order valence-electron chi connectivity index (χ4n) is 2.88. The number of rotatable bonds is 6. The summed E-state index contributed by atoms with van der Waals surface area (Å²) >= 11 is 0. The molecule has 1 unspecified atom stereocenters. The molecular weight excluding hydrogens is 344 g/mol. The van der Waals surface area contributed by atoms with Crippen LogP contribution in [0.15, 0.2) is 58.9 Å². The van der Waals surface area contributed by atoms with Crippen molar-refractivity contribution in [3.63, 3.8) is 0 Å². The number of aromatic hydroxyl groups is 2. The quantitative estimate of drug-likeness (QED) is 0.387. The van der Waals surface area contributed by atoms with Crippen molar-refractivity contribution in [2.45, 2.75) is 39.2 Å². The predicted octanol–water partition coefficient (Wildman–Crippen LogP) is 4.58. The van der Waals surface area contributed by atoms with Crippen LogP contribution in [0.1, 0.15) is 39.2 Å². The molecule has 0 spiro atoms. The second kappa shape index (κ2) is 8.27. The van der Waals surface area contributed by atoms with Crippen molar-refractivity contribution in [3.8, 4) is 11.5 Å². The smallest absolute Gasteiger partial charge is 0.189 e. The molecule has 5 heteroatoms. The van der Waals surface area contributed by atoms with Gasteiger partial charge in [-0.25, -0.2) is 0 Å². The molecule has 0 saturated carbocycles. The summed E-state index contributed by atoms with van der Waals surface area (Å²) in [4.78, 5) is 12.6. The topological polar surface area (TPSA) is 87.0 Å². The monoisotopic (exact) mass is 370 g/mol. The Bertz CT molecular complexity index is 853. The van der Waals surface area contributed by atoms with Crippen molar-refractivity contribution in [1.82, 2.24) is 0 Å². The third-order valence-electron chi connectivity index (χ3n) is 4.73. The highest BCUT2D eigenvalue weighted by molar-refractivity contribution is 6.09. The second-order valence-corrected chi connectivity index (χ2v) is 7.02. The van der Waals surface area contributed by atoms with Gasteiger partial charge in [-0.15, -0.1) is 0 Å². The first-order valence-electron chi connectivity index (χ1n) is 8.74. The van der Waals surface area contributed by atoms with E-state index in [9.17, 15) is 20.1 Å². The molecule has 0 aromatic heterocycles. The zero-order chi connectivity index (χ0) is 20.2. The van der Waals surface area contributed by atoms with Crippen LogP contribution in [0.25, 0.3) is 6.08 Å². The zero-order valence-corrected chi connectivity index (χ0v) is 16.1. The molecule has 0 aliphatic heterocycles. The summed E-state index contributed by atoms with van der Waals surface area (Å²) in [5.41, 5.74) is 1.92. The normalized spacial score (nSPS) is 19.9. The van der Waals surface area contributed by atoms with Crippen molar-refractivity contribution in [1.29, 1.82) is 0 Å². The summed E-state index contributed by atoms with van der Waals surface area (Å²) < 4.78 is 5.60. The van der Waals surface area contributed by atoms with E-state index in [2.05, 4.69) is 0 Å². The van der Waals surface area contributed by atoms with Gasteiger partial charge >= 0.3 is 0 Å². The highest BCUT2D eigenvalue weighted by Gasteiger charge is 2.35. The number of aliphatic hydroxyl groups is 1. The minimum atomic E-state index is -0.660. The number of carbonyl (C=O) groups excluding carboxylic acids is 1. The molecule has 27 heavy (non-hydrogen) atoms. The van der Waals surface area contributed by atoms with Crippen LogP contribution < -0.4 is 0 Å². The SMILES string of the molecule is COC1(C)CC=C(C(=O)/C=C/c2ccc(O)c(O)c2)C(O)=C1CC=C(C)C. The molecule has 0 saturated heterocycles. The van der Waals surface area contributed by atoms with Crippen molar-refractivity contribution in [2.24, 2.45) is 0 Å².